The molecule has 1 aliphatic heterocycles. The van der Waals surface area contributed by atoms with Gasteiger partial charge in [-0.3, -0.25) is 0 Å². The SMILES string of the molecule is O=CC1(I)CC=CS1. The quantitative estimate of drug-likeness (QED) is 0.396. The fourth-order valence-electron chi connectivity index (χ4n) is 0.494. The first kappa shape index (κ1) is 6.61. The van der Waals surface area contributed by atoms with Crippen LogP contribution in [0.4, 0.5) is 0 Å². The molecule has 0 bridgehead atoms. The maximum atomic E-state index is 10.3. The van der Waals surface area contributed by atoms with Crippen molar-refractivity contribution in [3.8, 4) is 0 Å². The molecule has 44 valence electrons. The second-order valence-electron chi connectivity index (χ2n) is 1.60. The van der Waals surface area contributed by atoms with E-state index < -0.39 is 0 Å². The van der Waals surface area contributed by atoms with Gasteiger partial charge in [-0.05, 0) is 11.8 Å². The van der Waals surface area contributed by atoms with Crippen molar-refractivity contribution in [2.24, 2.45) is 0 Å². The molecule has 0 amide bonds. The van der Waals surface area contributed by atoms with Crippen molar-refractivity contribution in [3.63, 3.8) is 0 Å². The molecule has 1 aliphatic rings. The van der Waals surface area contributed by atoms with Gasteiger partial charge in [0.05, 0.1) is 0 Å². The first-order valence-corrected chi connectivity index (χ1v) is 4.21. The Hall–Kier alpha value is 0.490. The molecule has 0 aromatic rings. The number of allylic oxidation sites excluding steroid dienone is 1. The number of thioether (sulfide) groups is 1. The van der Waals surface area contributed by atoms with Crippen LogP contribution in [-0.2, 0) is 4.79 Å². The van der Waals surface area contributed by atoms with E-state index in [1.54, 1.807) is 11.8 Å². The van der Waals surface area contributed by atoms with Crippen LogP contribution in [-0.4, -0.2) is 9.04 Å². The van der Waals surface area contributed by atoms with Crippen molar-refractivity contribution in [1.82, 2.24) is 0 Å². The van der Waals surface area contributed by atoms with Crippen molar-refractivity contribution < 1.29 is 4.79 Å². The van der Waals surface area contributed by atoms with E-state index in [4.69, 9.17) is 0 Å². The lowest BCUT2D eigenvalue weighted by Crippen LogP contribution is -2.11. The average molecular weight is 240 g/mol. The van der Waals surface area contributed by atoms with E-state index in [1.165, 1.54) is 0 Å². The average Bonchev–Trinajstić information content (AvgIpc) is 2.17. The Kier molecular flexibility index (Phi) is 1.97. The summed E-state index contributed by atoms with van der Waals surface area (Å²) in [6, 6.07) is 0. The van der Waals surface area contributed by atoms with Gasteiger partial charge >= 0.3 is 0 Å². The summed E-state index contributed by atoms with van der Waals surface area (Å²) in [5.74, 6) is 0. The lowest BCUT2D eigenvalue weighted by Gasteiger charge is -2.08. The maximum absolute atomic E-state index is 10.3. The Balaban J connectivity index is 2.58. The predicted molar refractivity (Wildman–Crippen MR) is 44.2 cm³/mol. The number of rotatable bonds is 1. The molecule has 8 heavy (non-hydrogen) atoms. The third-order valence-corrected chi connectivity index (χ3v) is 3.37. The van der Waals surface area contributed by atoms with E-state index in [0.29, 0.717) is 0 Å². The van der Waals surface area contributed by atoms with Gasteiger partial charge in [0.15, 0.2) is 0 Å². The predicted octanol–water partition coefficient (Wildman–Crippen LogP) is 1.97. The van der Waals surface area contributed by atoms with Gasteiger partial charge in [0, 0.05) is 0 Å². The molecule has 0 aromatic carbocycles. The third kappa shape index (κ3) is 1.25. The summed E-state index contributed by atoms with van der Waals surface area (Å²) in [4.78, 5) is 10.3. The number of aldehydes is 1. The number of hydrogen-bond acceptors (Lipinski definition) is 2. The number of alkyl halides is 1. The Morgan fingerprint density at radius 3 is 2.88 bits per heavy atom. The fraction of sp³-hybridized carbons (Fsp3) is 0.400. The Bertz CT molecular complexity index is 124. The minimum Gasteiger partial charge on any atom is -0.301 e. The zero-order chi connectivity index (χ0) is 6.04. The number of carbonyl (C=O) groups excluding carboxylic acids is 1. The molecule has 0 saturated carbocycles. The largest absolute Gasteiger partial charge is 0.301 e. The van der Waals surface area contributed by atoms with E-state index in [0.717, 1.165) is 12.7 Å². The second-order valence-corrected chi connectivity index (χ2v) is 5.49. The first-order valence-electron chi connectivity index (χ1n) is 2.25. The molecular formula is C5H5IOS. The van der Waals surface area contributed by atoms with Crippen LogP contribution in [0.2, 0.25) is 0 Å². The zero-order valence-corrected chi connectivity index (χ0v) is 7.11. The molecule has 0 spiro atoms. The molecule has 1 atom stereocenters. The molecule has 1 rings (SSSR count). The maximum Gasteiger partial charge on any atom is 0.146 e. The summed E-state index contributed by atoms with van der Waals surface area (Å²) in [6.07, 6.45) is 3.89. The molecule has 0 aromatic heterocycles. The van der Waals surface area contributed by atoms with Crippen molar-refractivity contribution in [3.05, 3.63) is 11.5 Å². The number of hydrogen-bond donors (Lipinski definition) is 0. The van der Waals surface area contributed by atoms with Crippen LogP contribution in [0.25, 0.3) is 0 Å². The van der Waals surface area contributed by atoms with E-state index in [9.17, 15) is 4.79 Å². The fourth-order valence-corrected chi connectivity index (χ4v) is 1.86. The minimum absolute atomic E-state index is 0.169. The molecule has 0 radical (unpaired) electrons. The summed E-state index contributed by atoms with van der Waals surface area (Å²) in [7, 11) is 0. The lowest BCUT2D eigenvalue weighted by molar-refractivity contribution is -0.107. The van der Waals surface area contributed by atoms with Crippen molar-refractivity contribution in [1.29, 1.82) is 0 Å². The van der Waals surface area contributed by atoms with Gasteiger partial charge in [-0.15, -0.1) is 11.8 Å². The standard InChI is InChI=1S/C5H5IOS/c6-5(4-7)2-1-3-8-5/h1,3-4H,2H2. The van der Waals surface area contributed by atoms with Crippen molar-refractivity contribution in [2.75, 3.05) is 0 Å². The summed E-state index contributed by atoms with van der Waals surface area (Å²) < 4.78 is -0.169. The molecule has 0 fully saturated rings. The van der Waals surface area contributed by atoms with Crippen LogP contribution in [0.1, 0.15) is 6.42 Å². The first-order chi connectivity index (χ1) is 3.77. The van der Waals surface area contributed by atoms with Crippen LogP contribution < -0.4 is 0 Å². The van der Waals surface area contributed by atoms with Crippen LogP contribution in [0.15, 0.2) is 11.5 Å². The Morgan fingerprint density at radius 2 is 2.62 bits per heavy atom. The molecule has 1 heterocycles. The van der Waals surface area contributed by atoms with Gasteiger partial charge in [0.25, 0.3) is 0 Å². The summed E-state index contributed by atoms with van der Waals surface area (Å²) in [5.41, 5.74) is 0. The van der Waals surface area contributed by atoms with Crippen molar-refractivity contribution in [2.45, 2.75) is 9.17 Å². The van der Waals surface area contributed by atoms with E-state index in [-0.39, 0.29) is 2.75 Å². The second kappa shape index (κ2) is 2.39. The normalized spacial score (nSPS) is 35.6. The topological polar surface area (TPSA) is 17.1 Å². The number of carbonyl (C=O) groups is 1. The molecule has 3 heteroatoms. The highest BCUT2D eigenvalue weighted by Crippen LogP contribution is 2.40. The monoisotopic (exact) mass is 240 g/mol. The lowest BCUT2D eigenvalue weighted by atomic mass is 10.3. The molecule has 1 unspecified atom stereocenters. The zero-order valence-electron chi connectivity index (χ0n) is 4.13. The van der Waals surface area contributed by atoms with Gasteiger partial charge in [0.2, 0.25) is 0 Å². The molecule has 1 nitrogen and oxygen atoms in total. The van der Waals surface area contributed by atoms with Gasteiger partial charge in [-0.25, -0.2) is 0 Å². The molecule has 0 saturated heterocycles. The van der Waals surface area contributed by atoms with Gasteiger partial charge in [0.1, 0.15) is 9.04 Å². The third-order valence-electron chi connectivity index (χ3n) is 0.932. The van der Waals surface area contributed by atoms with E-state index >= 15 is 0 Å². The van der Waals surface area contributed by atoms with Crippen molar-refractivity contribution >= 4 is 40.6 Å². The molecule has 0 N–H and O–H groups in total. The van der Waals surface area contributed by atoms with Crippen LogP contribution in [0, 0.1) is 0 Å². The smallest absolute Gasteiger partial charge is 0.146 e. The van der Waals surface area contributed by atoms with Crippen LogP contribution in [0.3, 0.4) is 0 Å². The summed E-state index contributed by atoms with van der Waals surface area (Å²) in [5, 5.41) is 1.97. The van der Waals surface area contributed by atoms with E-state index in [1.807, 2.05) is 11.5 Å². The van der Waals surface area contributed by atoms with Crippen LogP contribution in [0.5, 0.6) is 0 Å². The van der Waals surface area contributed by atoms with Gasteiger partial charge in [-0.1, -0.05) is 28.7 Å². The highest BCUT2D eigenvalue weighted by molar-refractivity contribution is 14.1. The van der Waals surface area contributed by atoms with Crippen LogP contribution >= 0.6 is 34.4 Å². The van der Waals surface area contributed by atoms with Gasteiger partial charge < -0.3 is 4.79 Å². The number of halogens is 1. The molecule has 0 aliphatic carbocycles. The highest BCUT2D eigenvalue weighted by atomic mass is 127. The summed E-state index contributed by atoms with van der Waals surface area (Å²) >= 11 is 3.74. The Morgan fingerprint density at radius 1 is 1.88 bits per heavy atom. The molecular weight excluding hydrogens is 235 g/mol. The minimum atomic E-state index is -0.169. The van der Waals surface area contributed by atoms with E-state index in [2.05, 4.69) is 22.6 Å². The van der Waals surface area contributed by atoms with Gasteiger partial charge in [-0.2, -0.15) is 0 Å². The summed E-state index contributed by atoms with van der Waals surface area (Å²) in [6.45, 7) is 0. The Labute approximate surface area is 66.1 Å². The highest BCUT2D eigenvalue weighted by Gasteiger charge is 2.27.